The van der Waals surface area contributed by atoms with Crippen LogP contribution in [0.15, 0.2) is 18.2 Å². The smallest absolute Gasteiger partial charge is 0.330 e. The van der Waals surface area contributed by atoms with Crippen molar-refractivity contribution in [2.24, 2.45) is 0 Å². The second kappa shape index (κ2) is 6.03. The van der Waals surface area contributed by atoms with Gasteiger partial charge in [-0.2, -0.15) is 8.78 Å². The number of carbonyl (C=O) groups is 2. The van der Waals surface area contributed by atoms with E-state index >= 15 is 0 Å². The summed E-state index contributed by atoms with van der Waals surface area (Å²) in [5, 5.41) is 0.465. The predicted molar refractivity (Wildman–Crippen MR) is 68.2 cm³/mol. The Hall–Kier alpha value is -1.24. The second-order valence-electron chi connectivity index (χ2n) is 4.22. The molecule has 0 unspecified atom stereocenters. The van der Waals surface area contributed by atoms with E-state index in [1.165, 1.54) is 18.2 Å². The van der Waals surface area contributed by atoms with Gasteiger partial charge < -0.3 is 9.64 Å². The molecule has 0 atom stereocenters. The molecule has 0 spiro atoms. The van der Waals surface area contributed by atoms with Gasteiger partial charge in [0.2, 0.25) is 5.78 Å². The summed E-state index contributed by atoms with van der Waals surface area (Å²) in [6, 6.07) is 4.07. The Labute approximate surface area is 123 Å². The number of amides is 1. The van der Waals surface area contributed by atoms with E-state index in [-0.39, 0.29) is 28.7 Å². The Morgan fingerprint density at radius 2 is 1.75 bits per heavy atom. The van der Waals surface area contributed by atoms with Crippen LogP contribution in [0.2, 0.25) is 10.0 Å². The zero-order valence-electron chi connectivity index (χ0n) is 9.98. The summed E-state index contributed by atoms with van der Waals surface area (Å²) in [4.78, 5) is 24.9. The molecule has 8 heteroatoms. The van der Waals surface area contributed by atoms with Crippen LogP contribution in [-0.4, -0.2) is 42.4 Å². The first-order valence-corrected chi connectivity index (χ1v) is 6.35. The Bertz CT molecular complexity index is 527. The van der Waals surface area contributed by atoms with Crippen molar-refractivity contribution < 1.29 is 23.1 Å². The summed E-state index contributed by atoms with van der Waals surface area (Å²) in [6.07, 6.45) is -0.741. The van der Waals surface area contributed by atoms with Crippen molar-refractivity contribution in [3.63, 3.8) is 0 Å². The summed E-state index contributed by atoms with van der Waals surface area (Å²) in [7, 11) is 0. The molecule has 0 radical (unpaired) electrons. The van der Waals surface area contributed by atoms with Gasteiger partial charge >= 0.3 is 6.61 Å². The van der Waals surface area contributed by atoms with Gasteiger partial charge in [-0.25, -0.2) is 0 Å². The van der Waals surface area contributed by atoms with Crippen LogP contribution >= 0.6 is 23.2 Å². The van der Waals surface area contributed by atoms with Gasteiger partial charge in [0.15, 0.2) is 0 Å². The number of nitrogens with zero attached hydrogens (tertiary/aromatic N) is 1. The van der Waals surface area contributed by atoms with Crippen LogP contribution in [0.4, 0.5) is 8.78 Å². The van der Waals surface area contributed by atoms with Crippen LogP contribution in [0.25, 0.3) is 0 Å². The maximum atomic E-state index is 11.9. The van der Waals surface area contributed by atoms with E-state index in [0.717, 1.165) is 4.90 Å². The van der Waals surface area contributed by atoms with Crippen LogP contribution in [0.1, 0.15) is 10.4 Å². The van der Waals surface area contributed by atoms with Gasteiger partial charge in [0.1, 0.15) is 0 Å². The molecule has 4 nitrogen and oxygen atoms in total. The van der Waals surface area contributed by atoms with Crippen LogP contribution in [0.5, 0.6) is 0 Å². The van der Waals surface area contributed by atoms with Crippen molar-refractivity contribution in [3.8, 4) is 0 Å². The highest BCUT2D eigenvalue weighted by Crippen LogP contribution is 2.21. The minimum atomic E-state index is -2.89. The van der Waals surface area contributed by atoms with E-state index in [2.05, 4.69) is 4.74 Å². The van der Waals surface area contributed by atoms with E-state index in [0.29, 0.717) is 0 Å². The minimum absolute atomic E-state index is 0.0385. The van der Waals surface area contributed by atoms with Crippen LogP contribution in [0, 0.1) is 0 Å². The highest BCUT2D eigenvalue weighted by molar-refractivity contribution is 6.44. The molecule has 1 heterocycles. The average molecular weight is 324 g/mol. The minimum Gasteiger partial charge on any atom is -0.330 e. The predicted octanol–water partition coefficient (Wildman–Crippen LogP) is 2.63. The summed E-state index contributed by atoms with van der Waals surface area (Å²) in [5.41, 5.74) is 0.0609. The first-order chi connectivity index (χ1) is 9.36. The third-order valence-electron chi connectivity index (χ3n) is 2.75. The van der Waals surface area contributed by atoms with Crippen LogP contribution in [0.3, 0.4) is 0 Å². The monoisotopic (exact) mass is 323 g/mol. The standard InChI is InChI=1S/C12H9Cl2F2NO3/c13-7-1-6(2-8(14)3-7)10(18)11(19)17-4-9(5-17)20-12(15)16/h1-3,9,12H,4-5H2. The number of ether oxygens (including phenoxy) is 1. The van der Waals surface area contributed by atoms with Crippen molar-refractivity contribution in [1.82, 2.24) is 4.90 Å². The molecule has 0 bridgehead atoms. The van der Waals surface area contributed by atoms with Crippen molar-refractivity contribution in [3.05, 3.63) is 33.8 Å². The summed E-state index contributed by atoms with van der Waals surface area (Å²) >= 11 is 11.5. The quantitative estimate of drug-likeness (QED) is 0.632. The Morgan fingerprint density at radius 3 is 2.25 bits per heavy atom. The third-order valence-corrected chi connectivity index (χ3v) is 3.19. The molecule has 1 aromatic rings. The average Bonchev–Trinajstić information content (AvgIpc) is 2.30. The van der Waals surface area contributed by atoms with Gasteiger partial charge in [-0.1, -0.05) is 23.2 Å². The number of Topliss-reactive ketones (excluding diaryl/α,β-unsaturated/α-hetero) is 1. The van der Waals surface area contributed by atoms with Gasteiger partial charge in [0.05, 0.1) is 6.10 Å². The number of rotatable bonds is 4. The number of hydrogen-bond donors (Lipinski definition) is 0. The second-order valence-corrected chi connectivity index (χ2v) is 5.09. The lowest BCUT2D eigenvalue weighted by molar-refractivity contribution is -0.197. The highest BCUT2D eigenvalue weighted by atomic mass is 35.5. The van der Waals surface area contributed by atoms with E-state index < -0.39 is 24.4 Å². The largest absolute Gasteiger partial charge is 0.345 e. The molecule has 0 saturated carbocycles. The number of ketones is 1. The molecule has 1 aliphatic rings. The molecule has 1 amide bonds. The molecule has 20 heavy (non-hydrogen) atoms. The number of alkyl halides is 2. The topological polar surface area (TPSA) is 46.6 Å². The van der Waals surface area contributed by atoms with Crippen LogP contribution < -0.4 is 0 Å². The van der Waals surface area contributed by atoms with E-state index in [1.54, 1.807) is 0 Å². The Morgan fingerprint density at radius 1 is 1.20 bits per heavy atom. The molecule has 0 N–H and O–H groups in total. The Balaban J connectivity index is 1.98. The number of halogens is 4. The number of carbonyl (C=O) groups excluding carboxylic acids is 2. The van der Waals surface area contributed by atoms with Crippen LogP contribution in [-0.2, 0) is 9.53 Å². The number of likely N-dealkylation sites (tertiary alicyclic amines) is 1. The molecule has 108 valence electrons. The zero-order chi connectivity index (χ0) is 14.9. The van der Waals surface area contributed by atoms with Gasteiger partial charge in [0.25, 0.3) is 5.91 Å². The molecule has 1 fully saturated rings. The highest BCUT2D eigenvalue weighted by Gasteiger charge is 2.36. The summed E-state index contributed by atoms with van der Waals surface area (Å²) in [5.74, 6) is -1.58. The van der Waals surface area contributed by atoms with Gasteiger partial charge in [-0.05, 0) is 18.2 Å². The maximum Gasteiger partial charge on any atom is 0.345 e. The lowest BCUT2D eigenvalue weighted by Gasteiger charge is -2.37. The first-order valence-electron chi connectivity index (χ1n) is 5.60. The fraction of sp³-hybridized carbons (Fsp3) is 0.333. The number of benzene rings is 1. The van der Waals surface area contributed by atoms with Crippen molar-refractivity contribution >= 4 is 34.9 Å². The molecule has 2 rings (SSSR count). The lowest BCUT2D eigenvalue weighted by Crippen LogP contribution is -2.57. The third kappa shape index (κ3) is 3.45. The van der Waals surface area contributed by atoms with Gasteiger partial charge in [-0.3, -0.25) is 9.59 Å². The molecular weight excluding hydrogens is 315 g/mol. The fourth-order valence-electron chi connectivity index (χ4n) is 1.79. The molecule has 1 aliphatic heterocycles. The van der Waals surface area contributed by atoms with E-state index in [4.69, 9.17) is 23.2 Å². The Kier molecular flexibility index (Phi) is 4.57. The zero-order valence-corrected chi connectivity index (χ0v) is 11.5. The number of hydrogen-bond acceptors (Lipinski definition) is 3. The molecular formula is C12H9Cl2F2NO3. The summed E-state index contributed by atoms with van der Waals surface area (Å²) < 4.78 is 28.1. The van der Waals surface area contributed by atoms with Gasteiger partial charge in [-0.15, -0.1) is 0 Å². The fourth-order valence-corrected chi connectivity index (χ4v) is 2.31. The molecule has 1 saturated heterocycles. The van der Waals surface area contributed by atoms with Crippen molar-refractivity contribution in [2.45, 2.75) is 12.7 Å². The molecule has 1 aromatic carbocycles. The van der Waals surface area contributed by atoms with Gasteiger partial charge in [0, 0.05) is 28.7 Å². The molecule has 0 aromatic heterocycles. The maximum absolute atomic E-state index is 11.9. The normalized spacial score (nSPS) is 15.3. The van der Waals surface area contributed by atoms with Crippen molar-refractivity contribution in [1.29, 1.82) is 0 Å². The van der Waals surface area contributed by atoms with E-state index in [1.807, 2.05) is 0 Å². The molecule has 0 aliphatic carbocycles. The lowest BCUT2D eigenvalue weighted by atomic mass is 10.1. The van der Waals surface area contributed by atoms with E-state index in [9.17, 15) is 18.4 Å². The van der Waals surface area contributed by atoms with Crippen molar-refractivity contribution in [2.75, 3.05) is 13.1 Å². The summed E-state index contributed by atoms with van der Waals surface area (Å²) in [6.45, 7) is -2.97. The SMILES string of the molecule is O=C(C(=O)N1CC(OC(F)F)C1)c1cc(Cl)cc(Cl)c1. The first kappa shape index (κ1) is 15.2.